The van der Waals surface area contributed by atoms with E-state index in [9.17, 15) is 14.7 Å². The van der Waals surface area contributed by atoms with E-state index in [2.05, 4.69) is 19.2 Å². The normalized spacial score (nSPS) is 10.6. The Bertz CT molecular complexity index is 501. The number of carboxylic acids is 1. The molecule has 6 heteroatoms. The first-order chi connectivity index (χ1) is 11.0. The molecule has 0 saturated carbocycles. The van der Waals surface area contributed by atoms with Crippen LogP contribution in [0.15, 0.2) is 24.3 Å². The smallest absolute Gasteiger partial charge is 0.220 e. The van der Waals surface area contributed by atoms with E-state index in [-0.39, 0.29) is 18.7 Å². The second-order valence-electron chi connectivity index (χ2n) is 5.35. The maximum absolute atomic E-state index is 11.5. The number of amides is 1. The molecule has 128 valence electrons. The van der Waals surface area contributed by atoms with Crippen molar-refractivity contribution in [3.05, 3.63) is 29.8 Å². The van der Waals surface area contributed by atoms with E-state index >= 15 is 0 Å². The lowest BCUT2D eigenvalue weighted by atomic mass is 10.2. The minimum Gasteiger partial charge on any atom is -0.550 e. The Labute approximate surface area is 137 Å². The molecule has 0 aliphatic rings. The van der Waals surface area contributed by atoms with Gasteiger partial charge in [0.1, 0.15) is 18.9 Å². The average Bonchev–Trinajstić information content (AvgIpc) is 2.55. The molecule has 0 aliphatic carbocycles. The summed E-state index contributed by atoms with van der Waals surface area (Å²) >= 11 is 0. The highest BCUT2D eigenvalue weighted by Crippen LogP contribution is 2.13. The van der Waals surface area contributed by atoms with Crippen molar-refractivity contribution in [3.8, 4) is 5.75 Å². The molecule has 23 heavy (non-hydrogen) atoms. The predicted octanol–water partition coefficient (Wildman–Crippen LogP) is -0.864. The van der Waals surface area contributed by atoms with Gasteiger partial charge < -0.3 is 24.9 Å². The fraction of sp³-hybridized carbons (Fsp3) is 0.529. The molecular weight excluding hydrogens is 296 g/mol. The molecule has 0 spiro atoms. The molecule has 0 atom stereocenters. The summed E-state index contributed by atoms with van der Waals surface area (Å²) in [4.78, 5) is 23.3. The predicted molar refractivity (Wildman–Crippen MR) is 84.9 cm³/mol. The maximum Gasteiger partial charge on any atom is 0.220 e. The van der Waals surface area contributed by atoms with Crippen LogP contribution in [0.4, 0.5) is 0 Å². The molecule has 0 radical (unpaired) electrons. The molecular formula is C17H26N2O4. The van der Waals surface area contributed by atoms with Gasteiger partial charge in [0.15, 0.2) is 0 Å². The van der Waals surface area contributed by atoms with E-state index in [1.807, 2.05) is 24.3 Å². The minimum absolute atomic E-state index is 0.0643. The summed E-state index contributed by atoms with van der Waals surface area (Å²) in [5.41, 5.74) is 0.916. The molecule has 0 bridgehead atoms. The number of carboxylic acid groups (broad SMARTS) is 1. The number of ether oxygens (including phenoxy) is 1. The molecule has 0 aromatic heterocycles. The Kier molecular flexibility index (Phi) is 8.75. The van der Waals surface area contributed by atoms with Crippen LogP contribution in [0.5, 0.6) is 5.75 Å². The Morgan fingerprint density at radius 2 is 1.96 bits per heavy atom. The fourth-order valence-corrected chi connectivity index (χ4v) is 2.17. The highest BCUT2D eigenvalue weighted by atomic mass is 16.5. The van der Waals surface area contributed by atoms with Gasteiger partial charge in [0, 0.05) is 18.9 Å². The van der Waals surface area contributed by atoms with Crippen molar-refractivity contribution in [3.63, 3.8) is 0 Å². The lowest BCUT2D eigenvalue weighted by Crippen LogP contribution is -3.12. The lowest BCUT2D eigenvalue weighted by molar-refractivity contribution is -0.896. The van der Waals surface area contributed by atoms with Crippen molar-refractivity contribution in [1.82, 2.24) is 5.32 Å². The first-order valence-electron chi connectivity index (χ1n) is 8.07. The molecule has 2 N–H and O–H groups in total. The van der Waals surface area contributed by atoms with Crippen molar-refractivity contribution in [1.29, 1.82) is 0 Å². The number of nitrogens with one attached hydrogen (secondary N) is 2. The van der Waals surface area contributed by atoms with Crippen LogP contribution < -0.4 is 20.1 Å². The zero-order valence-electron chi connectivity index (χ0n) is 13.9. The number of carbonyl (C=O) groups is 2. The van der Waals surface area contributed by atoms with Crippen LogP contribution in [0, 0.1) is 0 Å². The van der Waals surface area contributed by atoms with Crippen LogP contribution in [0.25, 0.3) is 0 Å². The maximum atomic E-state index is 11.5. The van der Waals surface area contributed by atoms with Crippen LogP contribution in [0.3, 0.4) is 0 Å². The molecule has 1 rings (SSSR count). The van der Waals surface area contributed by atoms with Crippen LogP contribution in [0.1, 0.15) is 32.3 Å². The van der Waals surface area contributed by atoms with Crippen LogP contribution >= 0.6 is 0 Å². The number of benzene rings is 1. The van der Waals surface area contributed by atoms with Crippen molar-refractivity contribution in [2.45, 2.75) is 33.2 Å². The number of rotatable bonds is 11. The lowest BCUT2D eigenvalue weighted by Gasteiger charge is -2.15. The van der Waals surface area contributed by atoms with E-state index in [4.69, 9.17) is 4.74 Å². The van der Waals surface area contributed by atoms with E-state index in [1.54, 1.807) is 0 Å². The van der Waals surface area contributed by atoms with E-state index in [0.717, 1.165) is 30.9 Å². The highest BCUT2D eigenvalue weighted by molar-refractivity contribution is 5.79. The number of hydrogen-bond acceptors (Lipinski definition) is 4. The van der Waals surface area contributed by atoms with Gasteiger partial charge in [0.25, 0.3) is 0 Å². The second-order valence-corrected chi connectivity index (χ2v) is 5.35. The van der Waals surface area contributed by atoms with Gasteiger partial charge in [-0.3, -0.25) is 4.79 Å². The highest BCUT2D eigenvalue weighted by Gasteiger charge is 2.04. The van der Waals surface area contributed by atoms with Crippen molar-refractivity contribution in [2.24, 2.45) is 0 Å². The Balaban J connectivity index is 2.38. The Morgan fingerprint density at radius 1 is 1.22 bits per heavy atom. The van der Waals surface area contributed by atoms with E-state index < -0.39 is 5.97 Å². The molecule has 1 aromatic rings. The van der Waals surface area contributed by atoms with Gasteiger partial charge >= 0.3 is 0 Å². The molecule has 0 saturated heterocycles. The Hall–Kier alpha value is -2.08. The van der Waals surface area contributed by atoms with Crippen molar-refractivity contribution >= 4 is 11.9 Å². The summed E-state index contributed by atoms with van der Waals surface area (Å²) < 4.78 is 5.75. The summed E-state index contributed by atoms with van der Waals surface area (Å²) in [6.07, 6.45) is -0.326. The molecule has 1 amide bonds. The third-order valence-electron chi connectivity index (χ3n) is 3.67. The van der Waals surface area contributed by atoms with Crippen LogP contribution in [-0.2, 0) is 16.1 Å². The number of likely N-dealkylation sites (N-methyl/N-ethyl adjacent to an activating group) is 1. The topological polar surface area (TPSA) is 82.9 Å². The zero-order valence-corrected chi connectivity index (χ0v) is 13.9. The molecule has 6 nitrogen and oxygen atoms in total. The van der Waals surface area contributed by atoms with Gasteiger partial charge in [-0.05, 0) is 38.0 Å². The molecule has 0 heterocycles. The fourth-order valence-electron chi connectivity index (χ4n) is 2.17. The van der Waals surface area contributed by atoms with E-state index in [0.29, 0.717) is 13.2 Å². The summed E-state index contributed by atoms with van der Waals surface area (Å²) in [5.74, 6) is -0.741. The summed E-state index contributed by atoms with van der Waals surface area (Å²) in [5, 5.41) is 13.0. The summed E-state index contributed by atoms with van der Waals surface area (Å²) in [6, 6.07) is 7.54. The summed E-state index contributed by atoms with van der Waals surface area (Å²) in [7, 11) is 0. The number of carbonyl (C=O) groups excluding carboxylic acids is 2. The first-order valence-corrected chi connectivity index (χ1v) is 8.07. The van der Waals surface area contributed by atoms with Crippen molar-refractivity contribution < 1.29 is 24.3 Å². The molecule has 0 fully saturated rings. The molecule has 1 aromatic carbocycles. The second kappa shape index (κ2) is 10.6. The number of hydrogen-bond donors (Lipinski definition) is 2. The van der Waals surface area contributed by atoms with Crippen molar-refractivity contribution in [2.75, 3.05) is 26.2 Å². The standard InChI is InChI=1S/C17H26N2O4/c1-3-19(4-2)10-11-23-15-7-5-6-14(12-15)13-18-16(20)8-9-17(21)22/h5-7,12H,3-4,8-11,13H2,1-2H3,(H,18,20)(H,21,22). The molecule has 0 aliphatic heterocycles. The first kappa shape index (κ1) is 19.0. The van der Waals surface area contributed by atoms with Gasteiger partial charge in [-0.2, -0.15) is 0 Å². The zero-order chi connectivity index (χ0) is 17.1. The molecule has 0 unspecified atom stereocenters. The van der Waals surface area contributed by atoms with Gasteiger partial charge in [-0.25, -0.2) is 0 Å². The van der Waals surface area contributed by atoms with Crippen LogP contribution in [0.2, 0.25) is 0 Å². The quantitative estimate of drug-likeness (QED) is 0.555. The average molecular weight is 322 g/mol. The monoisotopic (exact) mass is 322 g/mol. The third kappa shape index (κ3) is 8.21. The summed E-state index contributed by atoms with van der Waals surface area (Å²) in [6.45, 7) is 8.43. The van der Waals surface area contributed by atoms with Gasteiger partial charge in [0.05, 0.1) is 13.1 Å². The SMILES string of the molecule is CC[NH+](CC)CCOc1cccc(CNC(=O)CCC(=O)[O-])c1. The Morgan fingerprint density at radius 3 is 2.61 bits per heavy atom. The van der Waals surface area contributed by atoms with Gasteiger partial charge in [-0.15, -0.1) is 0 Å². The minimum atomic E-state index is -1.22. The number of quaternary nitrogens is 1. The van der Waals surface area contributed by atoms with Gasteiger partial charge in [0.2, 0.25) is 5.91 Å². The van der Waals surface area contributed by atoms with E-state index in [1.165, 1.54) is 4.90 Å². The van der Waals surface area contributed by atoms with Crippen LogP contribution in [-0.4, -0.2) is 38.1 Å². The largest absolute Gasteiger partial charge is 0.550 e. The van der Waals surface area contributed by atoms with Gasteiger partial charge in [-0.1, -0.05) is 12.1 Å². The number of aliphatic carboxylic acids is 1. The third-order valence-corrected chi connectivity index (χ3v) is 3.67.